The van der Waals surface area contributed by atoms with E-state index < -0.39 is 5.91 Å². The van der Waals surface area contributed by atoms with E-state index in [1.165, 1.54) is 12.4 Å². The molecule has 7 nitrogen and oxygen atoms in total. The van der Waals surface area contributed by atoms with Gasteiger partial charge in [0.2, 0.25) is 6.41 Å². The summed E-state index contributed by atoms with van der Waals surface area (Å²) in [5, 5.41) is 5.29. The van der Waals surface area contributed by atoms with Gasteiger partial charge in [0, 0.05) is 17.8 Å². The number of benzene rings is 1. The van der Waals surface area contributed by atoms with Gasteiger partial charge in [-0.3, -0.25) is 19.7 Å². The SMILES string of the molecule is C/C=C\C(=C/N)NC(=O)c1cccc2c(C(=O)NC=O)c[nH]c12. The lowest BCUT2D eigenvalue weighted by molar-refractivity contribution is -0.108. The van der Waals surface area contributed by atoms with Gasteiger partial charge in [-0.15, -0.1) is 0 Å². The maximum atomic E-state index is 12.4. The summed E-state index contributed by atoms with van der Waals surface area (Å²) in [6, 6.07) is 4.97. The number of fused-ring (bicyclic) bond motifs is 1. The number of imide groups is 1. The van der Waals surface area contributed by atoms with E-state index in [-0.39, 0.29) is 11.5 Å². The fraction of sp³-hybridized carbons (Fsp3) is 0.0625. The number of H-pyrrole nitrogens is 1. The Morgan fingerprint density at radius 1 is 1.22 bits per heavy atom. The molecule has 0 radical (unpaired) electrons. The van der Waals surface area contributed by atoms with E-state index in [1.807, 2.05) is 0 Å². The van der Waals surface area contributed by atoms with Gasteiger partial charge in [0.25, 0.3) is 11.8 Å². The second-order valence-corrected chi connectivity index (χ2v) is 4.60. The van der Waals surface area contributed by atoms with Crippen LogP contribution < -0.4 is 16.4 Å². The summed E-state index contributed by atoms with van der Waals surface area (Å²) in [6.45, 7) is 1.80. The zero-order valence-electron chi connectivity index (χ0n) is 12.4. The molecule has 0 aliphatic rings. The second-order valence-electron chi connectivity index (χ2n) is 4.60. The minimum Gasteiger partial charge on any atom is -0.403 e. The van der Waals surface area contributed by atoms with Gasteiger partial charge in [0.1, 0.15) is 0 Å². The summed E-state index contributed by atoms with van der Waals surface area (Å²) < 4.78 is 0. The molecule has 1 aromatic carbocycles. The first kappa shape index (κ1) is 16.0. The lowest BCUT2D eigenvalue weighted by Gasteiger charge is -2.07. The smallest absolute Gasteiger partial charge is 0.259 e. The Morgan fingerprint density at radius 2 is 2.00 bits per heavy atom. The van der Waals surface area contributed by atoms with Crippen LogP contribution in [0.3, 0.4) is 0 Å². The zero-order valence-corrected chi connectivity index (χ0v) is 12.4. The fourth-order valence-corrected chi connectivity index (χ4v) is 2.18. The van der Waals surface area contributed by atoms with Crippen LogP contribution in [0.25, 0.3) is 10.9 Å². The number of carbonyl (C=O) groups excluding carboxylic acids is 3. The molecule has 118 valence electrons. The van der Waals surface area contributed by atoms with Gasteiger partial charge in [-0.1, -0.05) is 18.2 Å². The normalized spacial score (nSPS) is 11.6. The Morgan fingerprint density at radius 3 is 2.65 bits per heavy atom. The van der Waals surface area contributed by atoms with Crippen molar-refractivity contribution in [3.05, 3.63) is 59.6 Å². The number of nitrogens with one attached hydrogen (secondary N) is 3. The van der Waals surface area contributed by atoms with Gasteiger partial charge < -0.3 is 16.0 Å². The number of hydrogen-bond acceptors (Lipinski definition) is 4. The Bertz CT molecular complexity index is 818. The first-order valence-corrected chi connectivity index (χ1v) is 6.83. The van der Waals surface area contributed by atoms with Gasteiger partial charge in [-0.05, 0) is 19.1 Å². The van der Waals surface area contributed by atoms with Crippen molar-refractivity contribution in [3.63, 3.8) is 0 Å². The van der Waals surface area contributed by atoms with E-state index in [0.717, 1.165) is 0 Å². The maximum absolute atomic E-state index is 12.4. The molecule has 0 bridgehead atoms. The molecular weight excluding hydrogens is 296 g/mol. The Hall–Kier alpha value is -3.35. The summed E-state index contributed by atoms with van der Waals surface area (Å²) in [5.41, 5.74) is 7.05. The molecule has 7 heteroatoms. The highest BCUT2D eigenvalue weighted by molar-refractivity contribution is 6.14. The van der Waals surface area contributed by atoms with E-state index in [1.54, 1.807) is 37.3 Å². The summed E-state index contributed by atoms with van der Waals surface area (Å²) in [7, 11) is 0. The van der Waals surface area contributed by atoms with Crippen LogP contribution in [0, 0.1) is 0 Å². The van der Waals surface area contributed by atoms with Crippen LogP contribution in [0.2, 0.25) is 0 Å². The van der Waals surface area contributed by atoms with Gasteiger partial charge in [0.05, 0.1) is 22.3 Å². The molecule has 0 saturated carbocycles. The number of hydrogen-bond donors (Lipinski definition) is 4. The van der Waals surface area contributed by atoms with Crippen molar-refractivity contribution in [2.75, 3.05) is 0 Å². The maximum Gasteiger partial charge on any atom is 0.259 e. The number of amides is 3. The highest BCUT2D eigenvalue weighted by Gasteiger charge is 2.17. The highest BCUT2D eigenvalue weighted by atomic mass is 16.2. The monoisotopic (exact) mass is 312 g/mol. The molecule has 0 unspecified atom stereocenters. The number of rotatable bonds is 5. The third kappa shape index (κ3) is 3.29. The van der Waals surface area contributed by atoms with Crippen LogP contribution in [0.15, 0.2) is 48.4 Å². The van der Waals surface area contributed by atoms with Crippen LogP contribution in [0.4, 0.5) is 0 Å². The number of nitrogens with two attached hydrogens (primary N) is 1. The van der Waals surface area contributed by atoms with Crippen LogP contribution in [0.5, 0.6) is 0 Å². The summed E-state index contributed by atoms with van der Waals surface area (Å²) >= 11 is 0. The first-order chi connectivity index (χ1) is 11.1. The molecule has 2 rings (SSSR count). The lowest BCUT2D eigenvalue weighted by Crippen LogP contribution is -2.23. The standard InChI is InChI=1S/C16H16N4O3/c1-2-4-10(7-17)20-16(23)12-6-3-5-11-13(8-18-14(11)12)15(22)19-9-21/h2-9,18H,17H2,1H3,(H,20,23)(H,19,21,22)/b4-2-,10-7+. The zero-order chi connectivity index (χ0) is 16.8. The van der Waals surface area contributed by atoms with E-state index in [2.05, 4.69) is 15.6 Å². The van der Waals surface area contributed by atoms with Crippen LogP contribution in [-0.2, 0) is 4.79 Å². The molecule has 0 aliphatic heterocycles. The second kappa shape index (κ2) is 7.08. The van der Waals surface area contributed by atoms with Crippen LogP contribution in [0.1, 0.15) is 27.6 Å². The van der Waals surface area contributed by atoms with Crippen molar-refractivity contribution >= 4 is 29.1 Å². The minimum atomic E-state index is -0.541. The number of carbonyl (C=O) groups is 3. The molecule has 0 atom stereocenters. The van der Waals surface area contributed by atoms with Crippen molar-refractivity contribution in [2.45, 2.75) is 6.92 Å². The van der Waals surface area contributed by atoms with Gasteiger partial charge in [0.15, 0.2) is 0 Å². The molecule has 23 heavy (non-hydrogen) atoms. The molecule has 0 fully saturated rings. The van der Waals surface area contributed by atoms with Gasteiger partial charge >= 0.3 is 0 Å². The van der Waals surface area contributed by atoms with E-state index >= 15 is 0 Å². The van der Waals surface area contributed by atoms with Crippen molar-refractivity contribution in [1.82, 2.24) is 15.6 Å². The lowest BCUT2D eigenvalue weighted by atomic mass is 10.1. The molecule has 1 heterocycles. The quantitative estimate of drug-likeness (QED) is 0.489. The molecule has 1 aromatic heterocycles. The predicted molar refractivity (Wildman–Crippen MR) is 86.4 cm³/mol. The molecular formula is C16H16N4O3. The molecule has 0 saturated heterocycles. The third-order valence-corrected chi connectivity index (χ3v) is 3.18. The highest BCUT2D eigenvalue weighted by Crippen LogP contribution is 2.22. The average molecular weight is 312 g/mol. The molecule has 3 amide bonds. The van der Waals surface area contributed by atoms with Crippen molar-refractivity contribution < 1.29 is 14.4 Å². The van der Waals surface area contributed by atoms with Crippen LogP contribution >= 0.6 is 0 Å². The van der Waals surface area contributed by atoms with Crippen molar-refractivity contribution in [3.8, 4) is 0 Å². The van der Waals surface area contributed by atoms with Crippen molar-refractivity contribution in [1.29, 1.82) is 0 Å². The predicted octanol–water partition coefficient (Wildman–Crippen LogP) is 1.16. The molecule has 5 N–H and O–H groups in total. The van der Waals surface area contributed by atoms with Gasteiger partial charge in [-0.25, -0.2) is 0 Å². The topological polar surface area (TPSA) is 117 Å². The Kier molecular flexibility index (Phi) is 4.93. The fourth-order valence-electron chi connectivity index (χ4n) is 2.18. The van der Waals surface area contributed by atoms with E-state index in [0.29, 0.717) is 28.6 Å². The summed E-state index contributed by atoms with van der Waals surface area (Å²) in [4.78, 5) is 37.5. The summed E-state index contributed by atoms with van der Waals surface area (Å²) in [5.74, 6) is -0.908. The number of aromatic nitrogens is 1. The largest absolute Gasteiger partial charge is 0.403 e. The average Bonchev–Trinajstić information content (AvgIpc) is 2.98. The molecule has 2 aromatic rings. The third-order valence-electron chi connectivity index (χ3n) is 3.18. The van der Waals surface area contributed by atoms with Crippen LogP contribution in [-0.4, -0.2) is 23.2 Å². The Labute approximate surface area is 132 Å². The van der Waals surface area contributed by atoms with E-state index in [9.17, 15) is 14.4 Å². The Balaban J connectivity index is 2.41. The van der Waals surface area contributed by atoms with Crippen molar-refractivity contribution in [2.24, 2.45) is 5.73 Å². The molecule has 0 aliphatic carbocycles. The first-order valence-electron chi connectivity index (χ1n) is 6.83. The van der Waals surface area contributed by atoms with Gasteiger partial charge in [-0.2, -0.15) is 0 Å². The number of allylic oxidation sites excluding steroid dienone is 2. The number of para-hydroxylation sites is 1. The van der Waals surface area contributed by atoms with E-state index in [4.69, 9.17) is 5.73 Å². The summed E-state index contributed by atoms with van der Waals surface area (Å²) in [6.07, 6.45) is 6.46. The number of aromatic amines is 1. The molecule has 0 spiro atoms. The minimum absolute atomic E-state index is 0.282.